The van der Waals surface area contributed by atoms with Gasteiger partial charge in [-0.2, -0.15) is 5.11 Å². The molecule has 0 aromatic carbocycles. The fourth-order valence-electron chi connectivity index (χ4n) is 1.79. The van der Waals surface area contributed by atoms with Crippen molar-refractivity contribution in [2.45, 2.75) is 39.2 Å². The number of hydrogen-bond donors (Lipinski definition) is 2. The van der Waals surface area contributed by atoms with Crippen LogP contribution in [-0.2, 0) is 14.3 Å². The molecule has 2 N–H and O–H groups in total. The maximum absolute atomic E-state index is 12.0. The third-order valence-electron chi connectivity index (χ3n) is 3.25. The fourth-order valence-corrected chi connectivity index (χ4v) is 1.79. The molecule has 1 unspecified atom stereocenters. The molecular formula is C17H32N6O3. The summed E-state index contributed by atoms with van der Waals surface area (Å²) in [4.78, 5) is 12.0. The number of nitrogens with one attached hydrogen (secondary N) is 2. The van der Waals surface area contributed by atoms with Gasteiger partial charge in [0.1, 0.15) is 0 Å². The van der Waals surface area contributed by atoms with Crippen molar-refractivity contribution in [1.29, 1.82) is 5.53 Å². The van der Waals surface area contributed by atoms with Gasteiger partial charge in [-0.15, -0.1) is 5.11 Å². The Bertz CT molecular complexity index is 509. The van der Waals surface area contributed by atoms with Crippen LogP contribution in [0.2, 0.25) is 0 Å². The van der Waals surface area contributed by atoms with Crippen LogP contribution in [0.25, 0.3) is 0 Å². The molecule has 0 aliphatic carbocycles. The molecule has 0 rings (SSSR count). The Labute approximate surface area is 156 Å². The van der Waals surface area contributed by atoms with Crippen molar-refractivity contribution in [3.05, 3.63) is 24.6 Å². The number of nitrogens with zero attached hydrogens (tertiary/aromatic N) is 4. The predicted molar refractivity (Wildman–Crippen MR) is 99.7 cm³/mol. The highest BCUT2D eigenvalue weighted by Crippen LogP contribution is 2.10. The average Bonchev–Trinajstić information content (AvgIpc) is 2.59. The minimum atomic E-state index is -0.730. The highest BCUT2D eigenvalue weighted by molar-refractivity contribution is 5.76. The molecule has 9 nitrogen and oxygen atoms in total. The summed E-state index contributed by atoms with van der Waals surface area (Å²) in [6, 6.07) is 0. The lowest BCUT2D eigenvalue weighted by molar-refractivity contribution is -0.124. The molecule has 0 saturated carbocycles. The molecule has 0 spiro atoms. The average molecular weight is 368 g/mol. The molecule has 0 aliphatic heterocycles. The highest BCUT2D eigenvalue weighted by Gasteiger charge is 2.27. The summed E-state index contributed by atoms with van der Waals surface area (Å²) in [5.41, 5.74) is 6.93. The zero-order valence-electron chi connectivity index (χ0n) is 16.4. The van der Waals surface area contributed by atoms with Crippen LogP contribution in [0.3, 0.4) is 0 Å². The summed E-state index contributed by atoms with van der Waals surface area (Å²) in [6.07, 6.45) is 1.18. The van der Waals surface area contributed by atoms with Crippen LogP contribution in [0.1, 0.15) is 33.6 Å². The normalized spacial score (nSPS) is 13.2. The second-order valence-electron chi connectivity index (χ2n) is 6.25. The van der Waals surface area contributed by atoms with E-state index in [0.717, 1.165) is 13.0 Å². The zero-order chi connectivity index (χ0) is 20.0. The SMILES string of the molecule is C=C(COCC(C)(COCC(=C)N=NN(C)CC)NC(=O)CCC)N=N. The van der Waals surface area contributed by atoms with E-state index in [-0.39, 0.29) is 32.3 Å². The molecule has 0 aromatic heterocycles. The minimum absolute atomic E-state index is 0.0747. The molecular weight excluding hydrogens is 336 g/mol. The molecule has 1 atom stereocenters. The predicted octanol–water partition coefficient (Wildman–Crippen LogP) is 3.07. The number of carbonyl (C=O) groups excluding carboxylic acids is 1. The molecule has 0 fully saturated rings. The van der Waals surface area contributed by atoms with Gasteiger partial charge in [0.25, 0.3) is 0 Å². The molecule has 0 saturated heterocycles. The third-order valence-corrected chi connectivity index (χ3v) is 3.25. The van der Waals surface area contributed by atoms with Gasteiger partial charge in [-0.3, -0.25) is 9.80 Å². The van der Waals surface area contributed by atoms with Crippen molar-refractivity contribution in [3.8, 4) is 0 Å². The van der Waals surface area contributed by atoms with Crippen molar-refractivity contribution in [3.63, 3.8) is 0 Å². The van der Waals surface area contributed by atoms with Crippen molar-refractivity contribution >= 4 is 5.91 Å². The van der Waals surface area contributed by atoms with Crippen LogP contribution in [-0.4, -0.2) is 56.5 Å². The van der Waals surface area contributed by atoms with E-state index in [1.165, 1.54) is 0 Å². The zero-order valence-corrected chi connectivity index (χ0v) is 16.4. The van der Waals surface area contributed by atoms with Crippen molar-refractivity contribution in [2.75, 3.05) is 40.0 Å². The van der Waals surface area contributed by atoms with Crippen molar-refractivity contribution in [2.24, 2.45) is 15.5 Å². The Balaban J connectivity index is 4.61. The second kappa shape index (κ2) is 13.1. The molecule has 0 heterocycles. The molecule has 0 aromatic rings. The number of amides is 1. The molecule has 26 heavy (non-hydrogen) atoms. The molecule has 0 bridgehead atoms. The van der Waals surface area contributed by atoms with Gasteiger partial charge in [-0.25, -0.2) is 5.53 Å². The molecule has 9 heteroatoms. The minimum Gasteiger partial charge on any atom is -0.373 e. The van der Waals surface area contributed by atoms with Gasteiger partial charge in [-0.05, 0) is 20.3 Å². The smallest absolute Gasteiger partial charge is 0.220 e. The van der Waals surface area contributed by atoms with Crippen LogP contribution in [0.4, 0.5) is 0 Å². The summed E-state index contributed by atoms with van der Waals surface area (Å²) in [6.45, 7) is 14.6. The Kier molecular flexibility index (Phi) is 12.0. The first-order valence-corrected chi connectivity index (χ1v) is 8.58. The summed E-state index contributed by atoms with van der Waals surface area (Å²) >= 11 is 0. The number of carbonyl (C=O) groups is 1. The fraction of sp³-hybridized carbons (Fsp3) is 0.706. The Morgan fingerprint density at radius 2 is 1.77 bits per heavy atom. The molecule has 148 valence electrons. The van der Waals surface area contributed by atoms with E-state index in [4.69, 9.17) is 15.0 Å². The lowest BCUT2D eigenvalue weighted by atomic mass is 10.0. The largest absolute Gasteiger partial charge is 0.373 e. The van der Waals surface area contributed by atoms with Crippen LogP contribution < -0.4 is 5.32 Å². The lowest BCUT2D eigenvalue weighted by Gasteiger charge is -2.30. The quantitative estimate of drug-likeness (QED) is 0.342. The van der Waals surface area contributed by atoms with E-state index in [0.29, 0.717) is 17.8 Å². The highest BCUT2D eigenvalue weighted by atomic mass is 16.5. The van der Waals surface area contributed by atoms with Gasteiger partial charge in [0.15, 0.2) is 0 Å². The maximum atomic E-state index is 12.0. The molecule has 0 radical (unpaired) electrons. The number of ether oxygens (including phenoxy) is 2. The summed E-state index contributed by atoms with van der Waals surface area (Å²) in [7, 11) is 1.81. The van der Waals surface area contributed by atoms with Gasteiger partial charge in [0, 0.05) is 20.0 Å². The van der Waals surface area contributed by atoms with Crippen molar-refractivity contribution in [1.82, 2.24) is 10.3 Å². The van der Waals surface area contributed by atoms with Crippen LogP contribution >= 0.6 is 0 Å². The summed E-state index contributed by atoms with van der Waals surface area (Å²) in [5, 5.41) is 15.7. The Hall–Kier alpha value is -2.13. The van der Waals surface area contributed by atoms with Gasteiger partial charge >= 0.3 is 0 Å². The summed E-state index contributed by atoms with van der Waals surface area (Å²) < 4.78 is 11.1. The van der Waals surface area contributed by atoms with E-state index in [1.807, 2.05) is 27.8 Å². The Morgan fingerprint density at radius 3 is 2.27 bits per heavy atom. The van der Waals surface area contributed by atoms with Crippen LogP contribution in [0.5, 0.6) is 0 Å². The van der Waals surface area contributed by atoms with Gasteiger partial charge in [-0.1, -0.05) is 25.3 Å². The second-order valence-corrected chi connectivity index (χ2v) is 6.25. The molecule has 1 amide bonds. The van der Waals surface area contributed by atoms with E-state index in [1.54, 1.807) is 5.01 Å². The standard InChI is InChI=1S/C17H32N6O3/c1-7-9-16(24)19-17(5,12-25-10-14(3)20-18)13-26-11-15(4)21-22-23(6)8-2/h18H,3-4,7-13H2,1-2,5-6H3,(H,19,24). The Morgan fingerprint density at radius 1 is 1.19 bits per heavy atom. The van der Waals surface area contributed by atoms with Crippen LogP contribution in [0, 0.1) is 5.53 Å². The van der Waals surface area contributed by atoms with Gasteiger partial charge in [0.2, 0.25) is 5.91 Å². The maximum Gasteiger partial charge on any atom is 0.220 e. The molecule has 0 aliphatic rings. The first-order chi connectivity index (χ1) is 12.3. The number of hydrogen-bond acceptors (Lipinski definition) is 7. The third kappa shape index (κ3) is 11.4. The first-order valence-electron chi connectivity index (χ1n) is 8.58. The van der Waals surface area contributed by atoms with E-state index < -0.39 is 5.54 Å². The van der Waals surface area contributed by atoms with Crippen LogP contribution in [0.15, 0.2) is 40.0 Å². The van der Waals surface area contributed by atoms with E-state index >= 15 is 0 Å². The summed E-state index contributed by atoms with van der Waals surface area (Å²) in [5.74, 6) is -0.0747. The van der Waals surface area contributed by atoms with Crippen molar-refractivity contribution < 1.29 is 14.3 Å². The lowest BCUT2D eigenvalue weighted by Crippen LogP contribution is -2.53. The first kappa shape index (κ1) is 23.9. The number of rotatable bonds is 15. The van der Waals surface area contributed by atoms with Gasteiger partial charge < -0.3 is 14.8 Å². The van der Waals surface area contributed by atoms with Gasteiger partial charge in [0.05, 0.1) is 43.4 Å². The topological polar surface area (TPSA) is 112 Å². The van der Waals surface area contributed by atoms with E-state index in [2.05, 4.69) is 33.9 Å². The van der Waals surface area contributed by atoms with E-state index in [9.17, 15) is 4.79 Å². The monoisotopic (exact) mass is 368 g/mol.